The SMILES string of the molecule is O=CN1CCN(C(=O)c2cc3ccc(F)cc3[nH]2)CC1. The highest BCUT2D eigenvalue weighted by molar-refractivity contribution is 5.98. The van der Waals surface area contributed by atoms with Gasteiger partial charge in [0.05, 0.1) is 0 Å². The number of carbonyl (C=O) groups excluding carboxylic acids is 2. The standard InChI is InChI=1S/C14H14FN3O2/c15-11-2-1-10-7-13(16-12(10)8-11)14(20)18-5-3-17(9-19)4-6-18/h1-2,7-9,16H,3-6H2. The number of hydrogen-bond acceptors (Lipinski definition) is 2. The minimum Gasteiger partial charge on any atom is -0.350 e. The lowest BCUT2D eigenvalue weighted by Crippen LogP contribution is -2.48. The van der Waals surface area contributed by atoms with Crippen LogP contribution in [0, 0.1) is 5.82 Å². The van der Waals surface area contributed by atoms with Gasteiger partial charge >= 0.3 is 0 Å². The fraction of sp³-hybridized carbons (Fsp3) is 0.286. The fourth-order valence-electron chi connectivity index (χ4n) is 2.42. The van der Waals surface area contributed by atoms with Crippen molar-refractivity contribution in [3.05, 3.63) is 35.8 Å². The van der Waals surface area contributed by atoms with Crippen LogP contribution in [0.5, 0.6) is 0 Å². The Bertz CT molecular complexity index is 659. The number of carbonyl (C=O) groups is 2. The summed E-state index contributed by atoms with van der Waals surface area (Å²) in [5.74, 6) is -0.454. The third kappa shape index (κ3) is 2.24. The molecule has 1 aliphatic rings. The molecule has 5 nitrogen and oxygen atoms in total. The van der Waals surface area contributed by atoms with E-state index in [9.17, 15) is 14.0 Å². The van der Waals surface area contributed by atoms with Gasteiger partial charge < -0.3 is 14.8 Å². The van der Waals surface area contributed by atoms with E-state index in [4.69, 9.17) is 0 Å². The number of nitrogens with zero attached hydrogens (tertiary/aromatic N) is 2. The molecule has 1 saturated heterocycles. The Hall–Kier alpha value is -2.37. The van der Waals surface area contributed by atoms with Crippen molar-refractivity contribution in [2.45, 2.75) is 0 Å². The third-order valence-electron chi connectivity index (χ3n) is 3.57. The minimum atomic E-state index is -0.335. The zero-order valence-electron chi connectivity index (χ0n) is 10.8. The maximum Gasteiger partial charge on any atom is 0.270 e. The van der Waals surface area contributed by atoms with Crippen molar-refractivity contribution >= 4 is 23.2 Å². The maximum absolute atomic E-state index is 13.1. The second-order valence-corrected chi connectivity index (χ2v) is 4.85. The Morgan fingerprint density at radius 1 is 1.20 bits per heavy atom. The van der Waals surface area contributed by atoms with Gasteiger partial charge in [-0.05, 0) is 24.3 Å². The summed E-state index contributed by atoms with van der Waals surface area (Å²) in [4.78, 5) is 29.3. The largest absolute Gasteiger partial charge is 0.350 e. The van der Waals surface area contributed by atoms with Crippen LogP contribution in [0.15, 0.2) is 24.3 Å². The lowest BCUT2D eigenvalue weighted by Gasteiger charge is -2.32. The number of amides is 2. The van der Waals surface area contributed by atoms with E-state index in [0.717, 1.165) is 11.8 Å². The highest BCUT2D eigenvalue weighted by Crippen LogP contribution is 2.18. The normalized spacial score (nSPS) is 15.7. The number of aromatic nitrogens is 1. The lowest BCUT2D eigenvalue weighted by atomic mass is 10.2. The topological polar surface area (TPSA) is 56.4 Å². The summed E-state index contributed by atoms with van der Waals surface area (Å²) in [6, 6.07) is 6.11. The number of benzene rings is 1. The summed E-state index contributed by atoms with van der Waals surface area (Å²) in [5.41, 5.74) is 1.06. The van der Waals surface area contributed by atoms with Gasteiger partial charge in [-0.1, -0.05) is 0 Å². The lowest BCUT2D eigenvalue weighted by molar-refractivity contribution is -0.119. The molecule has 0 bridgehead atoms. The van der Waals surface area contributed by atoms with Gasteiger partial charge in [0.2, 0.25) is 6.41 Å². The summed E-state index contributed by atoms with van der Waals surface area (Å²) >= 11 is 0. The highest BCUT2D eigenvalue weighted by atomic mass is 19.1. The number of rotatable bonds is 2. The Morgan fingerprint density at radius 3 is 2.65 bits per heavy atom. The molecule has 104 valence electrons. The van der Waals surface area contributed by atoms with Crippen LogP contribution in [0.1, 0.15) is 10.5 Å². The van der Waals surface area contributed by atoms with Gasteiger partial charge in [0, 0.05) is 37.1 Å². The molecule has 0 atom stereocenters. The smallest absolute Gasteiger partial charge is 0.270 e. The van der Waals surface area contributed by atoms with Crippen molar-refractivity contribution in [1.29, 1.82) is 0 Å². The number of hydrogen-bond donors (Lipinski definition) is 1. The Balaban J connectivity index is 1.80. The third-order valence-corrected chi connectivity index (χ3v) is 3.57. The molecule has 2 heterocycles. The van der Waals surface area contributed by atoms with E-state index in [2.05, 4.69) is 4.98 Å². The molecule has 0 saturated carbocycles. The Labute approximate surface area is 115 Å². The average Bonchev–Trinajstić information content (AvgIpc) is 2.89. The number of piperazine rings is 1. The average molecular weight is 275 g/mol. The highest BCUT2D eigenvalue weighted by Gasteiger charge is 2.22. The van der Waals surface area contributed by atoms with E-state index in [0.29, 0.717) is 37.4 Å². The van der Waals surface area contributed by atoms with Crippen LogP contribution in [0.4, 0.5) is 4.39 Å². The second-order valence-electron chi connectivity index (χ2n) is 4.85. The van der Waals surface area contributed by atoms with Gasteiger partial charge in [-0.3, -0.25) is 9.59 Å². The van der Waals surface area contributed by atoms with Crippen LogP contribution in [-0.2, 0) is 4.79 Å². The zero-order valence-corrected chi connectivity index (χ0v) is 10.8. The Morgan fingerprint density at radius 2 is 1.95 bits per heavy atom. The molecule has 0 spiro atoms. The molecule has 3 rings (SSSR count). The molecule has 0 radical (unpaired) electrons. The number of fused-ring (bicyclic) bond motifs is 1. The zero-order chi connectivity index (χ0) is 14.1. The predicted molar refractivity (Wildman–Crippen MR) is 71.8 cm³/mol. The van der Waals surface area contributed by atoms with E-state index in [-0.39, 0.29) is 11.7 Å². The van der Waals surface area contributed by atoms with Crippen LogP contribution in [0.25, 0.3) is 10.9 Å². The van der Waals surface area contributed by atoms with Gasteiger partial charge in [0.1, 0.15) is 11.5 Å². The second kappa shape index (κ2) is 4.96. The summed E-state index contributed by atoms with van der Waals surface area (Å²) in [7, 11) is 0. The van der Waals surface area contributed by atoms with Gasteiger partial charge in [-0.2, -0.15) is 0 Å². The monoisotopic (exact) mass is 275 g/mol. The van der Waals surface area contributed by atoms with E-state index in [1.165, 1.54) is 12.1 Å². The quantitative estimate of drug-likeness (QED) is 0.838. The van der Waals surface area contributed by atoms with E-state index >= 15 is 0 Å². The van der Waals surface area contributed by atoms with Crippen molar-refractivity contribution in [1.82, 2.24) is 14.8 Å². The van der Waals surface area contributed by atoms with Crippen molar-refractivity contribution in [2.75, 3.05) is 26.2 Å². The van der Waals surface area contributed by atoms with Gasteiger partial charge in [-0.25, -0.2) is 4.39 Å². The number of aromatic amines is 1. The number of nitrogens with one attached hydrogen (secondary N) is 1. The molecule has 6 heteroatoms. The van der Waals surface area contributed by atoms with Gasteiger partial charge in [0.25, 0.3) is 5.91 Å². The summed E-state index contributed by atoms with van der Waals surface area (Å²) in [6.45, 7) is 2.12. The molecule has 0 unspecified atom stereocenters. The van der Waals surface area contributed by atoms with Gasteiger partial charge in [0.15, 0.2) is 0 Å². The molecule has 1 aromatic heterocycles. The molecule has 20 heavy (non-hydrogen) atoms. The van der Waals surface area contributed by atoms with Crippen LogP contribution < -0.4 is 0 Å². The summed E-state index contributed by atoms with van der Waals surface area (Å²) in [6.07, 6.45) is 0.799. The van der Waals surface area contributed by atoms with Crippen molar-refractivity contribution in [3.8, 4) is 0 Å². The van der Waals surface area contributed by atoms with Crippen LogP contribution in [0.2, 0.25) is 0 Å². The molecular weight excluding hydrogens is 261 g/mol. The van der Waals surface area contributed by atoms with E-state index in [1.807, 2.05) is 0 Å². The van der Waals surface area contributed by atoms with Crippen LogP contribution in [0.3, 0.4) is 0 Å². The van der Waals surface area contributed by atoms with Crippen LogP contribution in [-0.4, -0.2) is 53.3 Å². The molecule has 2 aromatic rings. The van der Waals surface area contributed by atoms with Crippen molar-refractivity contribution in [3.63, 3.8) is 0 Å². The number of halogens is 1. The molecule has 1 aromatic carbocycles. The van der Waals surface area contributed by atoms with Crippen molar-refractivity contribution < 1.29 is 14.0 Å². The summed E-state index contributed by atoms with van der Waals surface area (Å²) in [5, 5.41) is 0.807. The number of H-pyrrole nitrogens is 1. The first kappa shape index (κ1) is 12.7. The molecule has 1 N–H and O–H groups in total. The molecule has 2 amide bonds. The predicted octanol–water partition coefficient (Wildman–Crippen LogP) is 1.22. The first-order chi connectivity index (χ1) is 9.67. The molecule has 1 aliphatic heterocycles. The molecule has 1 fully saturated rings. The fourth-order valence-corrected chi connectivity index (χ4v) is 2.42. The minimum absolute atomic E-state index is 0.118. The van der Waals surface area contributed by atoms with E-state index in [1.54, 1.807) is 21.9 Å². The van der Waals surface area contributed by atoms with E-state index < -0.39 is 0 Å². The molecular formula is C14H14FN3O2. The maximum atomic E-state index is 13.1. The summed E-state index contributed by atoms with van der Waals surface area (Å²) < 4.78 is 13.1. The first-order valence-electron chi connectivity index (χ1n) is 6.44. The molecule has 0 aliphatic carbocycles. The van der Waals surface area contributed by atoms with Gasteiger partial charge in [-0.15, -0.1) is 0 Å². The van der Waals surface area contributed by atoms with Crippen molar-refractivity contribution in [2.24, 2.45) is 0 Å². The van der Waals surface area contributed by atoms with Crippen LogP contribution >= 0.6 is 0 Å². The first-order valence-corrected chi connectivity index (χ1v) is 6.44. The Kier molecular flexibility index (Phi) is 3.14.